The third kappa shape index (κ3) is 3.38. The van der Waals surface area contributed by atoms with Gasteiger partial charge in [-0.25, -0.2) is 13.6 Å². The van der Waals surface area contributed by atoms with Crippen LogP contribution in [0.25, 0.3) is 0 Å². The van der Waals surface area contributed by atoms with Crippen molar-refractivity contribution < 1.29 is 34.8 Å². The maximum atomic E-state index is 12.6. The Balaban J connectivity index is 3.76. The maximum absolute atomic E-state index is 12.6. The van der Waals surface area contributed by atoms with Gasteiger partial charge in [0.1, 0.15) is 0 Å². The molecule has 0 aliphatic heterocycles. The predicted molar refractivity (Wildman–Crippen MR) is 52.6 cm³/mol. The average Bonchev–Trinajstić information content (AvgIpc) is 2.11. The normalized spacial score (nSPS) is 13.7. The van der Waals surface area contributed by atoms with Crippen LogP contribution in [0.1, 0.15) is 16.7 Å². The Hall–Kier alpha value is -1.29. The van der Waals surface area contributed by atoms with Crippen molar-refractivity contribution in [2.45, 2.75) is 24.2 Å². The monoisotopic (exact) mass is 307 g/mol. The number of benzene rings is 1. The number of aryl methyl sites for hydroxylation is 1. The zero-order valence-corrected chi connectivity index (χ0v) is 10.0. The van der Waals surface area contributed by atoms with Crippen LogP contribution in [0.3, 0.4) is 0 Å². The lowest BCUT2D eigenvalue weighted by Crippen LogP contribution is -2.21. The summed E-state index contributed by atoms with van der Waals surface area (Å²) >= 11 is 0. The highest BCUT2D eigenvalue weighted by molar-refractivity contribution is 7.89. The number of hydrogen-bond donors (Lipinski definition) is 1. The van der Waals surface area contributed by atoms with Crippen molar-refractivity contribution in [2.75, 3.05) is 0 Å². The van der Waals surface area contributed by atoms with E-state index in [1.807, 2.05) is 0 Å². The van der Waals surface area contributed by atoms with Crippen LogP contribution in [0.5, 0.6) is 0 Å². The molecular weight excluding hydrogens is 300 g/mol. The lowest BCUT2D eigenvalue weighted by atomic mass is 10.0. The van der Waals surface area contributed by atoms with Crippen LogP contribution >= 0.6 is 0 Å². The van der Waals surface area contributed by atoms with Crippen molar-refractivity contribution in [2.24, 2.45) is 5.14 Å². The molecule has 0 heterocycles. The zero-order valence-electron chi connectivity index (χ0n) is 9.22. The van der Waals surface area contributed by atoms with Gasteiger partial charge in [-0.05, 0) is 24.6 Å². The Labute approximate surface area is 104 Å². The van der Waals surface area contributed by atoms with Crippen LogP contribution in [0.4, 0.5) is 26.3 Å². The van der Waals surface area contributed by atoms with Crippen molar-refractivity contribution in [3.63, 3.8) is 0 Å². The van der Waals surface area contributed by atoms with Gasteiger partial charge in [0, 0.05) is 0 Å². The highest BCUT2D eigenvalue weighted by Crippen LogP contribution is 2.40. The largest absolute Gasteiger partial charge is 0.417 e. The van der Waals surface area contributed by atoms with E-state index in [1.165, 1.54) is 0 Å². The molecule has 0 bridgehead atoms. The number of halogens is 6. The molecule has 10 heteroatoms. The van der Waals surface area contributed by atoms with Gasteiger partial charge in [0.25, 0.3) is 0 Å². The van der Waals surface area contributed by atoms with E-state index < -0.39 is 44.0 Å². The topological polar surface area (TPSA) is 60.2 Å². The first kappa shape index (κ1) is 15.8. The highest BCUT2D eigenvalue weighted by atomic mass is 32.2. The van der Waals surface area contributed by atoms with Crippen LogP contribution in [0.15, 0.2) is 17.0 Å². The minimum atomic E-state index is -5.27. The van der Waals surface area contributed by atoms with E-state index in [9.17, 15) is 34.8 Å². The Kier molecular flexibility index (Phi) is 3.63. The second-order valence-electron chi connectivity index (χ2n) is 3.70. The van der Waals surface area contributed by atoms with Crippen LogP contribution in [-0.4, -0.2) is 8.42 Å². The fraction of sp³-hybridized carbons (Fsp3) is 0.333. The molecule has 19 heavy (non-hydrogen) atoms. The van der Waals surface area contributed by atoms with Gasteiger partial charge in [-0.1, -0.05) is 0 Å². The van der Waals surface area contributed by atoms with Crippen molar-refractivity contribution >= 4 is 10.0 Å². The van der Waals surface area contributed by atoms with Gasteiger partial charge in [0.2, 0.25) is 10.0 Å². The first-order valence-corrected chi connectivity index (χ1v) is 6.11. The van der Waals surface area contributed by atoms with Gasteiger partial charge in [-0.2, -0.15) is 26.3 Å². The maximum Gasteiger partial charge on any atom is 0.417 e. The summed E-state index contributed by atoms with van der Waals surface area (Å²) < 4.78 is 97.3. The lowest BCUT2D eigenvalue weighted by Gasteiger charge is -2.17. The molecule has 0 aliphatic rings. The molecule has 0 saturated carbocycles. The molecular formula is C9H7F6NO2S. The molecule has 0 radical (unpaired) electrons. The SMILES string of the molecule is Cc1cc(S(N)(=O)=O)c(C(F)(F)F)cc1C(F)(F)F. The summed E-state index contributed by atoms with van der Waals surface area (Å²) in [6, 6.07) is 0.00998. The molecule has 1 aromatic carbocycles. The molecule has 0 fully saturated rings. The zero-order chi connectivity index (χ0) is 15.2. The van der Waals surface area contributed by atoms with Gasteiger partial charge in [-0.3, -0.25) is 0 Å². The first-order chi connectivity index (χ1) is 8.24. The Morgan fingerprint density at radius 3 is 1.68 bits per heavy atom. The smallest absolute Gasteiger partial charge is 0.225 e. The molecule has 1 aromatic rings. The number of rotatable bonds is 1. The van der Waals surface area contributed by atoms with E-state index in [4.69, 9.17) is 0 Å². The van der Waals surface area contributed by atoms with Crippen molar-refractivity contribution in [3.8, 4) is 0 Å². The number of primary sulfonamides is 1. The Morgan fingerprint density at radius 1 is 0.947 bits per heavy atom. The molecule has 0 amide bonds. The summed E-state index contributed by atoms with van der Waals surface area (Å²) in [6.07, 6.45) is -10.3. The average molecular weight is 307 g/mol. The molecule has 0 aliphatic carbocycles. The van der Waals surface area contributed by atoms with Crippen molar-refractivity contribution in [1.29, 1.82) is 0 Å². The highest BCUT2D eigenvalue weighted by Gasteiger charge is 2.41. The quantitative estimate of drug-likeness (QED) is 0.811. The number of nitrogens with two attached hydrogens (primary N) is 1. The van der Waals surface area contributed by atoms with Crippen molar-refractivity contribution in [3.05, 3.63) is 28.8 Å². The van der Waals surface area contributed by atoms with Crippen LogP contribution in [0.2, 0.25) is 0 Å². The standard InChI is InChI=1S/C9H7F6NO2S/c1-4-2-7(19(16,17)18)6(9(13,14)15)3-5(4)8(10,11)12/h2-3H,1H3,(H2,16,17,18). The van der Waals surface area contributed by atoms with Crippen molar-refractivity contribution in [1.82, 2.24) is 0 Å². The molecule has 0 saturated heterocycles. The van der Waals surface area contributed by atoms with Gasteiger partial charge in [0.15, 0.2) is 0 Å². The van der Waals surface area contributed by atoms with Gasteiger partial charge in [-0.15, -0.1) is 0 Å². The van der Waals surface area contributed by atoms with Crippen LogP contribution < -0.4 is 5.14 Å². The number of alkyl halides is 6. The molecule has 1 rings (SSSR count). The predicted octanol–water partition coefficient (Wildman–Crippen LogP) is 2.68. The summed E-state index contributed by atoms with van der Waals surface area (Å²) in [6.45, 7) is 0.845. The molecule has 2 N–H and O–H groups in total. The lowest BCUT2D eigenvalue weighted by molar-refractivity contribution is -0.144. The third-order valence-electron chi connectivity index (χ3n) is 2.24. The van der Waals surface area contributed by atoms with Crippen LogP contribution in [0, 0.1) is 6.92 Å². The Bertz CT molecular complexity index is 602. The third-order valence-corrected chi connectivity index (χ3v) is 3.19. The van der Waals surface area contributed by atoms with E-state index in [1.54, 1.807) is 0 Å². The van der Waals surface area contributed by atoms with Gasteiger partial charge >= 0.3 is 12.4 Å². The van der Waals surface area contributed by atoms with Crippen LogP contribution in [-0.2, 0) is 22.4 Å². The first-order valence-electron chi connectivity index (χ1n) is 4.56. The van der Waals surface area contributed by atoms with E-state index in [0.29, 0.717) is 0 Å². The molecule has 3 nitrogen and oxygen atoms in total. The minimum absolute atomic E-state index is 0.255. The minimum Gasteiger partial charge on any atom is -0.225 e. The fourth-order valence-electron chi connectivity index (χ4n) is 1.44. The summed E-state index contributed by atoms with van der Waals surface area (Å²) in [7, 11) is -4.79. The molecule has 0 spiro atoms. The van der Waals surface area contributed by atoms with E-state index in [0.717, 1.165) is 6.92 Å². The Morgan fingerprint density at radius 2 is 1.37 bits per heavy atom. The second kappa shape index (κ2) is 4.37. The second-order valence-corrected chi connectivity index (χ2v) is 5.23. The van der Waals surface area contributed by atoms with Gasteiger partial charge in [0.05, 0.1) is 16.0 Å². The molecule has 0 unspecified atom stereocenters. The molecule has 0 atom stereocenters. The van der Waals surface area contributed by atoms with Gasteiger partial charge < -0.3 is 0 Å². The summed E-state index contributed by atoms with van der Waals surface area (Å²) in [4.78, 5) is -1.38. The molecule has 0 aromatic heterocycles. The fourth-order valence-corrected chi connectivity index (χ4v) is 2.27. The number of sulfonamides is 1. The van der Waals surface area contributed by atoms with E-state index in [-0.39, 0.29) is 12.1 Å². The van der Waals surface area contributed by atoms with E-state index in [2.05, 4.69) is 5.14 Å². The summed E-state index contributed by atoms with van der Waals surface area (Å²) in [5.41, 5.74) is -4.16. The number of hydrogen-bond acceptors (Lipinski definition) is 2. The van der Waals surface area contributed by atoms with E-state index >= 15 is 0 Å². The molecule has 108 valence electrons. The summed E-state index contributed by atoms with van der Waals surface area (Å²) in [5, 5.41) is 4.57. The summed E-state index contributed by atoms with van der Waals surface area (Å²) in [5.74, 6) is 0.